The number of esters is 1. The number of hydrogen-bond donors (Lipinski definition) is 1. The quantitative estimate of drug-likeness (QED) is 0.688. The Morgan fingerprint density at radius 2 is 1.77 bits per heavy atom. The summed E-state index contributed by atoms with van der Waals surface area (Å²) in [6.45, 7) is 6.16. The van der Waals surface area contributed by atoms with Crippen LogP contribution in [0.25, 0.3) is 5.57 Å². The lowest BCUT2D eigenvalue weighted by atomic mass is 9.90. The second kappa shape index (κ2) is 5.43. The molecule has 0 saturated heterocycles. The molecule has 1 heterocycles. The molecule has 1 fully saturated rings. The average Bonchev–Trinajstić information content (AvgIpc) is 2.98. The van der Waals surface area contributed by atoms with E-state index in [4.69, 9.17) is 15.2 Å². The Morgan fingerprint density at radius 3 is 2.32 bits per heavy atom. The average molecular weight is 301 g/mol. The van der Waals surface area contributed by atoms with Crippen LogP contribution in [0.5, 0.6) is 0 Å². The normalized spacial score (nSPS) is 19.9. The van der Waals surface area contributed by atoms with Gasteiger partial charge in [0.25, 0.3) is 0 Å². The first kappa shape index (κ1) is 15.1. The molecule has 2 aliphatic rings. The largest absolute Gasteiger partial charge is 0.478 e. The number of benzene rings is 1. The lowest BCUT2D eigenvalue weighted by Gasteiger charge is -2.25. The highest BCUT2D eigenvalue weighted by Gasteiger charge is 2.51. The van der Waals surface area contributed by atoms with E-state index in [0.717, 1.165) is 42.4 Å². The van der Waals surface area contributed by atoms with Crippen LogP contribution in [0.2, 0.25) is 0 Å². The Labute approximate surface area is 131 Å². The molecule has 0 unspecified atom stereocenters. The van der Waals surface area contributed by atoms with Crippen molar-refractivity contribution in [1.82, 2.24) is 0 Å². The second-order valence-electron chi connectivity index (χ2n) is 6.38. The summed E-state index contributed by atoms with van der Waals surface area (Å²) in [7, 11) is 0. The third kappa shape index (κ3) is 2.22. The van der Waals surface area contributed by atoms with Gasteiger partial charge in [-0.3, -0.25) is 5.73 Å². The molecular weight excluding hydrogens is 278 g/mol. The van der Waals surface area contributed by atoms with Gasteiger partial charge in [-0.15, -0.1) is 0 Å². The van der Waals surface area contributed by atoms with Crippen LogP contribution in [0.15, 0.2) is 17.9 Å². The minimum atomic E-state index is -0.588. The first-order chi connectivity index (χ1) is 10.5. The zero-order valence-electron chi connectivity index (χ0n) is 13.5. The van der Waals surface area contributed by atoms with Crippen molar-refractivity contribution in [3.63, 3.8) is 0 Å². The van der Waals surface area contributed by atoms with Crippen molar-refractivity contribution in [2.45, 2.75) is 52.1 Å². The second-order valence-corrected chi connectivity index (χ2v) is 6.38. The highest BCUT2D eigenvalue weighted by Crippen LogP contribution is 2.48. The van der Waals surface area contributed by atoms with E-state index in [9.17, 15) is 4.79 Å². The van der Waals surface area contributed by atoms with Crippen LogP contribution in [-0.4, -0.2) is 18.3 Å². The minimum Gasteiger partial charge on any atom is -0.478 e. The molecule has 1 spiro atoms. The topological polar surface area (TPSA) is 61.6 Å². The molecular formula is C18H23NO3. The van der Waals surface area contributed by atoms with E-state index in [0.29, 0.717) is 11.3 Å². The van der Waals surface area contributed by atoms with Crippen molar-refractivity contribution < 1.29 is 14.3 Å². The predicted octanol–water partition coefficient (Wildman–Crippen LogP) is 3.13. The van der Waals surface area contributed by atoms with E-state index in [1.807, 2.05) is 13.8 Å². The number of carbonyl (C=O) groups is 1. The standard InChI is InChI=1S/C18H23NO3/c1-11-8-12(2)14(13(3)9-11)15-16(21-10-19)18(22-17(15)20)6-4-5-7-18/h8-9H,4-7,10,19H2,1-3H3. The summed E-state index contributed by atoms with van der Waals surface area (Å²) in [4.78, 5) is 12.6. The maximum absolute atomic E-state index is 12.6. The van der Waals surface area contributed by atoms with Gasteiger partial charge in [0.2, 0.25) is 0 Å². The molecule has 22 heavy (non-hydrogen) atoms. The monoisotopic (exact) mass is 301 g/mol. The fraction of sp³-hybridized carbons (Fsp3) is 0.500. The van der Waals surface area contributed by atoms with Gasteiger partial charge in [0.1, 0.15) is 12.3 Å². The molecule has 4 nitrogen and oxygen atoms in total. The van der Waals surface area contributed by atoms with E-state index in [-0.39, 0.29) is 12.7 Å². The van der Waals surface area contributed by atoms with Crippen molar-refractivity contribution in [3.8, 4) is 0 Å². The van der Waals surface area contributed by atoms with Gasteiger partial charge >= 0.3 is 5.97 Å². The SMILES string of the molecule is Cc1cc(C)c(C2=C(OCN)C3(CCCC3)OC2=O)c(C)c1. The van der Waals surface area contributed by atoms with Gasteiger partial charge in [0.05, 0.1) is 0 Å². The van der Waals surface area contributed by atoms with Crippen molar-refractivity contribution in [1.29, 1.82) is 0 Å². The van der Waals surface area contributed by atoms with E-state index in [1.54, 1.807) is 0 Å². The Kier molecular flexibility index (Phi) is 3.73. The van der Waals surface area contributed by atoms with Crippen LogP contribution in [0.1, 0.15) is 47.9 Å². The van der Waals surface area contributed by atoms with Crippen LogP contribution in [-0.2, 0) is 14.3 Å². The number of rotatable bonds is 3. The summed E-state index contributed by atoms with van der Waals surface area (Å²) in [5.41, 5.74) is 9.86. The van der Waals surface area contributed by atoms with Crippen LogP contribution >= 0.6 is 0 Å². The van der Waals surface area contributed by atoms with Crippen LogP contribution in [0, 0.1) is 20.8 Å². The third-order valence-corrected chi connectivity index (χ3v) is 4.70. The highest BCUT2D eigenvalue weighted by molar-refractivity contribution is 6.20. The van der Waals surface area contributed by atoms with Crippen molar-refractivity contribution >= 4 is 11.5 Å². The van der Waals surface area contributed by atoms with Gasteiger partial charge < -0.3 is 9.47 Å². The summed E-state index contributed by atoms with van der Waals surface area (Å²) >= 11 is 0. The first-order valence-electron chi connectivity index (χ1n) is 7.88. The maximum Gasteiger partial charge on any atom is 0.343 e. The predicted molar refractivity (Wildman–Crippen MR) is 85.0 cm³/mol. The fourth-order valence-electron chi connectivity index (χ4n) is 3.95. The molecule has 3 rings (SSSR count). The molecule has 0 bridgehead atoms. The summed E-state index contributed by atoms with van der Waals surface area (Å²) in [5.74, 6) is 0.368. The van der Waals surface area contributed by atoms with Gasteiger partial charge in [0, 0.05) is 0 Å². The van der Waals surface area contributed by atoms with Gasteiger partial charge in [-0.1, -0.05) is 17.7 Å². The van der Waals surface area contributed by atoms with Gasteiger partial charge in [0.15, 0.2) is 11.4 Å². The number of ether oxygens (including phenoxy) is 2. The van der Waals surface area contributed by atoms with E-state index in [2.05, 4.69) is 19.1 Å². The molecule has 2 N–H and O–H groups in total. The molecule has 0 amide bonds. The lowest BCUT2D eigenvalue weighted by molar-refractivity contribution is -0.146. The number of nitrogens with two attached hydrogens (primary N) is 1. The summed E-state index contributed by atoms with van der Waals surface area (Å²) < 4.78 is 11.5. The van der Waals surface area contributed by atoms with E-state index >= 15 is 0 Å². The Hall–Kier alpha value is -1.81. The number of aryl methyl sites for hydroxylation is 3. The lowest BCUT2D eigenvalue weighted by Crippen LogP contribution is -2.30. The fourth-order valence-corrected chi connectivity index (χ4v) is 3.95. The molecule has 118 valence electrons. The zero-order valence-corrected chi connectivity index (χ0v) is 13.5. The molecule has 1 aromatic rings. The maximum atomic E-state index is 12.6. The molecule has 1 aliphatic heterocycles. The van der Waals surface area contributed by atoms with Crippen molar-refractivity contribution in [2.75, 3.05) is 6.73 Å². The van der Waals surface area contributed by atoms with E-state index < -0.39 is 5.60 Å². The molecule has 0 aromatic heterocycles. The zero-order chi connectivity index (χ0) is 15.9. The van der Waals surface area contributed by atoms with Gasteiger partial charge in [-0.05, 0) is 63.1 Å². The molecule has 1 saturated carbocycles. The summed E-state index contributed by atoms with van der Waals surface area (Å²) in [6, 6.07) is 4.17. The summed E-state index contributed by atoms with van der Waals surface area (Å²) in [5, 5.41) is 0. The Bertz CT molecular complexity index is 631. The van der Waals surface area contributed by atoms with Crippen LogP contribution < -0.4 is 5.73 Å². The minimum absolute atomic E-state index is 0.0567. The Morgan fingerprint density at radius 1 is 1.18 bits per heavy atom. The molecule has 1 aromatic carbocycles. The third-order valence-electron chi connectivity index (χ3n) is 4.70. The summed E-state index contributed by atoms with van der Waals surface area (Å²) in [6.07, 6.45) is 3.73. The van der Waals surface area contributed by atoms with Crippen molar-refractivity contribution in [2.24, 2.45) is 5.73 Å². The van der Waals surface area contributed by atoms with E-state index in [1.165, 1.54) is 5.56 Å². The molecule has 0 radical (unpaired) electrons. The van der Waals surface area contributed by atoms with Crippen LogP contribution in [0.4, 0.5) is 0 Å². The smallest absolute Gasteiger partial charge is 0.343 e. The molecule has 4 heteroatoms. The van der Waals surface area contributed by atoms with Gasteiger partial charge in [-0.2, -0.15) is 0 Å². The molecule has 0 atom stereocenters. The number of carbonyl (C=O) groups excluding carboxylic acids is 1. The van der Waals surface area contributed by atoms with Gasteiger partial charge in [-0.25, -0.2) is 4.79 Å². The van der Waals surface area contributed by atoms with Crippen LogP contribution in [0.3, 0.4) is 0 Å². The highest BCUT2D eigenvalue weighted by atomic mass is 16.6. The molecule has 1 aliphatic carbocycles. The number of hydrogen-bond acceptors (Lipinski definition) is 4. The Balaban J connectivity index is 2.21. The van der Waals surface area contributed by atoms with Crippen molar-refractivity contribution in [3.05, 3.63) is 40.1 Å². The first-order valence-corrected chi connectivity index (χ1v) is 7.88.